The Bertz CT molecular complexity index is 1100. The molecule has 0 unspecified atom stereocenters. The monoisotopic (exact) mass is 526 g/mol. The fraction of sp³-hybridized carbons (Fsp3) is 0.517. The van der Waals surface area contributed by atoms with Gasteiger partial charge in [-0.3, -0.25) is 19.4 Å². The van der Waals surface area contributed by atoms with E-state index in [1.54, 1.807) is 26.4 Å². The van der Waals surface area contributed by atoms with Crippen molar-refractivity contribution in [3.05, 3.63) is 53.8 Å². The zero-order valence-corrected chi connectivity index (χ0v) is 22.5. The van der Waals surface area contributed by atoms with Crippen molar-refractivity contribution >= 4 is 17.5 Å². The van der Waals surface area contributed by atoms with Crippen LogP contribution in [-0.2, 0) is 16.1 Å². The van der Waals surface area contributed by atoms with E-state index in [0.29, 0.717) is 55.8 Å². The van der Waals surface area contributed by atoms with E-state index in [2.05, 4.69) is 27.4 Å². The van der Waals surface area contributed by atoms with Gasteiger partial charge in [-0.15, -0.1) is 0 Å². The molecule has 4 rings (SSSR count). The number of halogens is 1. The van der Waals surface area contributed by atoms with Crippen molar-refractivity contribution in [1.82, 2.24) is 15.1 Å². The number of nitrogens with one attached hydrogen (secondary N) is 2. The van der Waals surface area contributed by atoms with Gasteiger partial charge in [-0.05, 0) is 74.3 Å². The molecule has 0 bridgehead atoms. The Morgan fingerprint density at radius 2 is 1.71 bits per heavy atom. The van der Waals surface area contributed by atoms with Crippen LogP contribution in [0, 0.1) is 17.7 Å². The van der Waals surface area contributed by atoms with Crippen LogP contribution in [0.15, 0.2) is 42.5 Å². The van der Waals surface area contributed by atoms with Crippen LogP contribution in [0.2, 0.25) is 0 Å². The van der Waals surface area contributed by atoms with Gasteiger partial charge in [0, 0.05) is 37.9 Å². The second kappa shape index (κ2) is 13.1. The molecule has 206 valence electrons. The lowest BCUT2D eigenvalue weighted by Gasteiger charge is -2.37. The third kappa shape index (κ3) is 7.02. The second-order valence-corrected chi connectivity index (χ2v) is 10.2. The van der Waals surface area contributed by atoms with Crippen LogP contribution in [-0.4, -0.2) is 74.6 Å². The van der Waals surface area contributed by atoms with E-state index >= 15 is 0 Å². The largest absolute Gasteiger partial charge is 0.493 e. The molecule has 2 saturated heterocycles. The minimum absolute atomic E-state index is 0.00968. The van der Waals surface area contributed by atoms with Crippen molar-refractivity contribution in [2.45, 2.75) is 38.8 Å². The highest BCUT2D eigenvalue weighted by Gasteiger charge is 2.36. The third-order valence-corrected chi connectivity index (χ3v) is 7.65. The number of anilines is 1. The Labute approximate surface area is 224 Å². The molecule has 0 saturated carbocycles. The summed E-state index contributed by atoms with van der Waals surface area (Å²) in [6, 6.07) is 11.9. The van der Waals surface area contributed by atoms with Gasteiger partial charge < -0.3 is 20.1 Å². The smallest absolute Gasteiger partial charge is 0.228 e. The first-order chi connectivity index (χ1) is 18.4. The topological polar surface area (TPSA) is 83.1 Å². The van der Waals surface area contributed by atoms with Crippen LogP contribution >= 0.6 is 0 Å². The summed E-state index contributed by atoms with van der Waals surface area (Å²) in [5.74, 6) is 0.0506. The highest BCUT2D eigenvalue weighted by molar-refractivity contribution is 5.93. The normalized spacial score (nSPS) is 22.2. The highest BCUT2D eigenvalue weighted by Crippen LogP contribution is 2.30. The summed E-state index contributed by atoms with van der Waals surface area (Å²) in [5.41, 5.74) is 1.54. The van der Waals surface area contributed by atoms with Crippen LogP contribution in [0.4, 0.5) is 10.1 Å². The number of piperidine rings is 1. The molecule has 0 spiro atoms. The number of ether oxygens (including phenoxy) is 2. The molecule has 2 fully saturated rings. The number of carbonyl (C=O) groups excluding carboxylic acids is 2. The van der Waals surface area contributed by atoms with E-state index < -0.39 is 0 Å². The van der Waals surface area contributed by atoms with Crippen molar-refractivity contribution in [1.29, 1.82) is 0 Å². The molecule has 9 heteroatoms. The molecule has 2 aliphatic heterocycles. The predicted molar refractivity (Wildman–Crippen MR) is 145 cm³/mol. The van der Waals surface area contributed by atoms with Crippen LogP contribution in [0.3, 0.4) is 0 Å². The summed E-state index contributed by atoms with van der Waals surface area (Å²) in [6.45, 7) is 6.47. The maximum Gasteiger partial charge on any atom is 0.228 e. The van der Waals surface area contributed by atoms with Crippen molar-refractivity contribution in [2.24, 2.45) is 11.8 Å². The first-order valence-electron chi connectivity index (χ1n) is 13.4. The Hall–Kier alpha value is -3.17. The lowest BCUT2D eigenvalue weighted by Crippen LogP contribution is -2.50. The molecular formula is C29H39FN4O4. The fourth-order valence-corrected chi connectivity index (χ4v) is 5.62. The van der Waals surface area contributed by atoms with Gasteiger partial charge in [0.25, 0.3) is 0 Å². The van der Waals surface area contributed by atoms with E-state index in [1.165, 1.54) is 12.1 Å². The number of rotatable bonds is 10. The number of benzene rings is 2. The molecule has 8 nitrogen and oxygen atoms in total. The van der Waals surface area contributed by atoms with Gasteiger partial charge >= 0.3 is 0 Å². The molecule has 2 heterocycles. The number of hydrogen-bond donors (Lipinski definition) is 2. The molecule has 0 radical (unpaired) electrons. The van der Waals surface area contributed by atoms with E-state index in [0.717, 1.165) is 31.5 Å². The second-order valence-electron chi connectivity index (χ2n) is 10.2. The highest BCUT2D eigenvalue weighted by atomic mass is 19.1. The van der Waals surface area contributed by atoms with Crippen molar-refractivity contribution < 1.29 is 23.5 Å². The molecule has 2 amide bonds. The van der Waals surface area contributed by atoms with E-state index in [4.69, 9.17) is 9.47 Å². The standard InChI is InChI=1S/C29H39FN4O4/c1-4-34-13-5-6-25(34)16-31-28(35)21-15-22(29(36)32-24-10-8-23(30)9-11-24)19-33(18-21)17-20-7-12-26(37-2)27(14-20)38-3/h7-12,14,21-22,25H,4-6,13,15-19H2,1-3H3,(H,31,35)(H,32,36)/t21-,22+,25-/m0/s1. The number of amides is 2. The molecule has 2 aromatic rings. The van der Waals surface area contributed by atoms with E-state index in [9.17, 15) is 14.0 Å². The fourth-order valence-electron chi connectivity index (χ4n) is 5.62. The van der Waals surface area contributed by atoms with E-state index in [-0.39, 0.29) is 29.5 Å². The van der Waals surface area contributed by atoms with Gasteiger partial charge in [-0.25, -0.2) is 4.39 Å². The molecule has 3 atom stereocenters. The van der Waals surface area contributed by atoms with E-state index in [1.807, 2.05) is 18.2 Å². The Morgan fingerprint density at radius 3 is 2.39 bits per heavy atom. The Kier molecular flexibility index (Phi) is 9.58. The molecular weight excluding hydrogens is 487 g/mol. The number of carbonyl (C=O) groups is 2. The zero-order valence-electron chi connectivity index (χ0n) is 22.5. The van der Waals surface area contributed by atoms with Crippen LogP contribution in [0.1, 0.15) is 31.7 Å². The van der Waals surface area contributed by atoms with Crippen LogP contribution in [0.5, 0.6) is 11.5 Å². The van der Waals surface area contributed by atoms with Gasteiger partial charge in [0.2, 0.25) is 11.8 Å². The Balaban J connectivity index is 1.46. The maximum atomic E-state index is 13.3. The molecule has 2 aromatic carbocycles. The molecule has 2 N–H and O–H groups in total. The number of nitrogens with zero attached hydrogens (tertiary/aromatic N) is 2. The average molecular weight is 527 g/mol. The minimum atomic E-state index is -0.386. The number of hydrogen-bond acceptors (Lipinski definition) is 6. The SMILES string of the molecule is CCN1CCC[C@H]1CNC(=O)[C@H]1C[C@@H](C(=O)Nc2ccc(F)cc2)CN(Cc2ccc(OC)c(OC)c2)C1. The number of likely N-dealkylation sites (tertiary alicyclic amines) is 2. The van der Waals surface area contributed by atoms with Gasteiger partial charge in [-0.1, -0.05) is 13.0 Å². The molecule has 38 heavy (non-hydrogen) atoms. The molecule has 0 aliphatic carbocycles. The molecule has 0 aromatic heterocycles. The quantitative estimate of drug-likeness (QED) is 0.493. The first kappa shape index (κ1) is 27.9. The van der Waals surface area contributed by atoms with Crippen LogP contribution in [0.25, 0.3) is 0 Å². The predicted octanol–water partition coefficient (Wildman–Crippen LogP) is 3.52. The Morgan fingerprint density at radius 1 is 1.00 bits per heavy atom. The summed E-state index contributed by atoms with van der Waals surface area (Å²) in [7, 11) is 3.20. The van der Waals surface area contributed by atoms with Crippen molar-refractivity contribution in [3.63, 3.8) is 0 Å². The number of likely N-dealkylation sites (N-methyl/N-ethyl adjacent to an activating group) is 1. The van der Waals surface area contributed by atoms with Crippen molar-refractivity contribution in [2.75, 3.05) is 52.3 Å². The van der Waals surface area contributed by atoms with Gasteiger partial charge in [-0.2, -0.15) is 0 Å². The summed E-state index contributed by atoms with van der Waals surface area (Å²) in [5, 5.41) is 6.07. The van der Waals surface area contributed by atoms with Gasteiger partial charge in [0.1, 0.15) is 5.82 Å². The lowest BCUT2D eigenvalue weighted by molar-refractivity contribution is -0.130. The summed E-state index contributed by atoms with van der Waals surface area (Å²) in [6.07, 6.45) is 2.71. The summed E-state index contributed by atoms with van der Waals surface area (Å²) >= 11 is 0. The zero-order chi connectivity index (χ0) is 27.1. The maximum absolute atomic E-state index is 13.3. The van der Waals surface area contributed by atoms with Crippen molar-refractivity contribution in [3.8, 4) is 11.5 Å². The minimum Gasteiger partial charge on any atom is -0.493 e. The number of methoxy groups -OCH3 is 2. The third-order valence-electron chi connectivity index (χ3n) is 7.65. The summed E-state index contributed by atoms with van der Waals surface area (Å²) in [4.78, 5) is 31.1. The van der Waals surface area contributed by atoms with Crippen LogP contribution < -0.4 is 20.1 Å². The molecule has 2 aliphatic rings. The van der Waals surface area contributed by atoms with Gasteiger partial charge in [0.15, 0.2) is 11.5 Å². The lowest BCUT2D eigenvalue weighted by atomic mass is 9.87. The summed E-state index contributed by atoms with van der Waals surface area (Å²) < 4.78 is 24.1. The first-order valence-corrected chi connectivity index (χ1v) is 13.4. The average Bonchev–Trinajstić information content (AvgIpc) is 3.40. The van der Waals surface area contributed by atoms with Gasteiger partial charge in [0.05, 0.1) is 26.1 Å².